The van der Waals surface area contributed by atoms with Gasteiger partial charge >= 0.3 is 0 Å². The first-order chi connectivity index (χ1) is 11.5. The van der Waals surface area contributed by atoms with Crippen LogP contribution < -0.4 is 10.6 Å². The van der Waals surface area contributed by atoms with Crippen molar-refractivity contribution in [3.05, 3.63) is 40.3 Å². The maximum atomic E-state index is 4.33. The summed E-state index contributed by atoms with van der Waals surface area (Å²) in [5.41, 5.74) is 1.19. The fourth-order valence-electron chi connectivity index (χ4n) is 2.55. The summed E-state index contributed by atoms with van der Waals surface area (Å²) >= 11 is 1.80. The SMILES string of the molecule is CN=C(NCC(C)c1cccs1)NCC(c1cnn(C)c1)N(C)C.I. The number of aromatic nitrogens is 2. The zero-order valence-electron chi connectivity index (χ0n) is 15.6. The molecule has 25 heavy (non-hydrogen) atoms. The summed E-state index contributed by atoms with van der Waals surface area (Å²) in [4.78, 5) is 7.90. The number of aryl methyl sites for hydroxylation is 1. The van der Waals surface area contributed by atoms with Crippen molar-refractivity contribution in [1.82, 2.24) is 25.3 Å². The summed E-state index contributed by atoms with van der Waals surface area (Å²) < 4.78 is 1.83. The van der Waals surface area contributed by atoms with Gasteiger partial charge in [-0.3, -0.25) is 9.67 Å². The lowest BCUT2D eigenvalue weighted by Crippen LogP contribution is -2.42. The number of likely N-dealkylation sites (N-methyl/N-ethyl adjacent to an activating group) is 1. The molecule has 0 saturated heterocycles. The molecule has 2 unspecified atom stereocenters. The Morgan fingerprint density at radius 2 is 2.08 bits per heavy atom. The third-order valence-electron chi connectivity index (χ3n) is 4.02. The molecule has 0 radical (unpaired) electrons. The lowest BCUT2D eigenvalue weighted by Gasteiger charge is -2.25. The van der Waals surface area contributed by atoms with Crippen molar-refractivity contribution in [2.75, 3.05) is 34.2 Å². The van der Waals surface area contributed by atoms with Gasteiger partial charge in [0, 0.05) is 49.7 Å². The van der Waals surface area contributed by atoms with E-state index in [2.05, 4.69) is 70.4 Å². The highest BCUT2D eigenvalue weighted by Crippen LogP contribution is 2.19. The van der Waals surface area contributed by atoms with Gasteiger partial charge in [-0.25, -0.2) is 0 Å². The molecule has 2 aromatic heterocycles. The van der Waals surface area contributed by atoms with Gasteiger partial charge in [-0.2, -0.15) is 5.10 Å². The Labute approximate surface area is 171 Å². The number of rotatable bonds is 7. The molecule has 2 aromatic rings. The van der Waals surface area contributed by atoms with Gasteiger partial charge in [0.15, 0.2) is 5.96 Å². The van der Waals surface area contributed by atoms with Gasteiger partial charge in [0.1, 0.15) is 0 Å². The van der Waals surface area contributed by atoms with Crippen LogP contribution in [0.2, 0.25) is 0 Å². The number of nitrogens with zero attached hydrogens (tertiary/aromatic N) is 4. The Bertz CT molecular complexity index is 637. The molecular formula is C17H29IN6S. The highest BCUT2D eigenvalue weighted by molar-refractivity contribution is 14.0. The number of thiophene rings is 1. The lowest BCUT2D eigenvalue weighted by molar-refractivity contribution is 0.298. The summed E-state index contributed by atoms with van der Waals surface area (Å²) in [7, 11) is 7.90. The Morgan fingerprint density at radius 1 is 1.36 bits per heavy atom. The molecular weight excluding hydrogens is 447 g/mol. The maximum absolute atomic E-state index is 4.33. The highest BCUT2D eigenvalue weighted by atomic mass is 127. The van der Waals surface area contributed by atoms with Crippen LogP contribution >= 0.6 is 35.3 Å². The molecule has 140 valence electrons. The molecule has 0 fully saturated rings. The number of hydrogen-bond donors (Lipinski definition) is 2. The van der Waals surface area contributed by atoms with Crippen LogP contribution in [0, 0.1) is 0 Å². The van der Waals surface area contributed by atoms with Crippen LogP contribution in [0.4, 0.5) is 0 Å². The van der Waals surface area contributed by atoms with E-state index in [4.69, 9.17) is 0 Å². The van der Waals surface area contributed by atoms with Gasteiger partial charge in [-0.1, -0.05) is 13.0 Å². The van der Waals surface area contributed by atoms with Crippen LogP contribution in [0.3, 0.4) is 0 Å². The first-order valence-electron chi connectivity index (χ1n) is 8.14. The zero-order valence-corrected chi connectivity index (χ0v) is 18.7. The topological polar surface area (TPSA) is 57.5 Å². The van der Waals surface area contributed by atoms with Crippen molar-refractivity contribution in [2.24, 2.45) is 12.0 Å². The third kappa shape index (κ3) is 6.59. The molecule has 2 rings (SSSR count). The fraction of sp³-hybridized carbons (Fsp3) is 0.529. The molecule has 0 saturated carbocycles. The number of hydrogen-bond acceptors (Lipinski definition) is 4. The van der Waals surface area contributed by atoms with Crippen LogP contribution in [0.25, 0.3) is 0 Å². The molecule has 2 heterocycles. The van der Waals surface area contributed by atoms with Crippen molar-refractivity contribution in [2.45, 2.75) is 18.9 Å². The van der Waals surface area contributed by atoms with E-state index in [1.165, 1.54) is 10.4 Å². The second-order valence-electron chi connectivity index (χ2n) is 6.18. The van der Waals surface area contributed by atoms with Crippen molar-refractivity contribution < 1.29 is 0 Å². The molecule has 8 heteroatoms. The summed E-state index contributed by atoms with van der Waals surface area (Å²) in [6.07, 6.45) is 3.98. The van der Waals surface area contributed by atoms with Crippen molar-refractivity contribution in [3.8, 4) is 0 Å². The molecule has 0 aliphatic carbocycles. The van der Waals surface area contributed by atoms with Gasteiger partial charge in [0.25, 0.3) is 0 Å². The smallest absolute Gasteiger partial charge is 0.191 e. The Balaban J connectivity index is 0.00000312. The summed E-state index contributed by atoms with van der Waals surface area (Å²) in [5, 5.41) is 13.2. The minimum atomic E-state index is 0. The van der Waals surface area contributed by atoms with E-state index >= 15 is 0 Å². The molecule has 0 aliphatic heterocycles. The van der Waals surface area contributed by atoms with Gasteiger partial charge in [-0.15, -0.1) is 35.3 Å². The average Bonchev–Trinajstić information content (AvgIpc) is 3.21. The molecule has 0 spiro atoms. The van der Waals surface area contributed by atoms with Crippen molar-refractivity contribution in [3.63, 3.8) is 0 Å². The number of halogens is 1. The van der Waals surface area contributed by atoms with Crippen LogP contribution in [-0.4, -0.2) is 54.9 Å². The Morgan fingerprint density at radius 3 is 2.60 bits per heavy atom. The van der Waals surface area contributed by atoms with E-state index in [0.717, 1.165) is 19.0 Å². The van der Waals surface area contributed by atoms with Crippen LogP contribution in [0.15, 0.2) is 34.9 Å². The summed E-state index contributed by atoms with van der Waals surface area (Å²) in [6, 6.07) is 4.52. The molecule has 6 nitrogen and oxygen atoms in total. The van der Waals surface area contributed by atoms with Gasteiger partial charge < -0.3 is 15.5 Å². The Hall–Kier alpha value is -1.13. The summed E-state index contributed by atoms with van der Waals surface area (Å²) in [5.74, 6) is 1.29. The lowest BCUT2D eigenvalue weighted by atomic mass is 10.1. The third-order valence-corrected chi connectivity index (χ3v) is 5.13. The minimum Gasteiger partial charge on any atom is -0.356 e. The monoisotopic (exact) mass is 476 g/mol. The number of nitrogens with one attached hydrogen (secondary N) is 2. The number of aliphatic imine (C=N–C) groups is 1. The van der Waals surface area contributed by atoms with Gasteiger partial charge in [0.05, 0.1) is 12.2 Å². The van der Waals surface area contributed by atoms with Gasteiger partial charge in [-0.05, 0) is 25.5 Å². The predicted octanol–water partition coefficient (Wildman–Crippen LogP) is 2.67. The quantitative estimate of drug-likeness (QED) is 0.367. The fourth-order valence-corrected chi connectivity index (χ4v) is 3.33. The predicted molar refractivity (Wildman–Crippen MR) is 117 cm³/mol. The van der Waals surface area contributed by atoms with E-state index in [0.29, 0.717) is 5.92 Å². The van der Waals surface area contributed by atoms with Crippen LogP contribution in [0.5, 0.6) is 0 Å². The van der Waals surface area contributed by atoms with E-state index < -0.39 is 0 Å². The van der Waals surface area contributed by atoms with Crippen molar-refractivity contribution >= 4 is 41.3 Å². The first-order valence-corrected chi connectivity index (χ1v) is 9.02. The van der Waals surface area contributed by atoms with E-state index in [1.54, 1.807) is 18.4 Å². The second kappa shape index (κ2) is 10.8. The van der Waals surface area contributed by atoms with Crippen LogP contribution in [0.1, 0.15) is 29.3 Å². The zero-order chi connectivity index (χ0) is 17.5. The number of guanidine groups is 1. The standard InChI is InChI=1S/C17H28N6S.HI/c1-13(16-7-6-8-24-16)9-19-17(18-2)20-11-15(22(3)4)14-10-21-23(5)12-14;/h6-8,10,12-13,15H,9,11H2,1-5H3,(H2,18,19,20);1H. The minimum absolute atomic E-state index is 0. The molecule has 0 aliphatic rings. The van der Waals surface area contributed by atoms with E-state index in [-0.39, 0.29) is 30.0 Å². The Kier molecular flexibility index (Phi) is 9.44. The molecule has 0 aromatic carbocycles. The summed E-state index contributed by atoms with van der Waals surface area (Å²) in [6.45, 7) is 3.86. The molecule has 0 amide bonds. The van der Waals surface area contributed by atoms with E-state index in [9.17, 15) is 0 Å². The second-order valence-corrected chi connectivity index (χ2v) is 7.16. The van der Waals surface area contributed by atoms with E-state index in [1.807, 2.05) is 17.9 Å². The first kappa shape index (κ1) is 21.9. The molecule has 2 atom stereocenters. The average molecular weight is 476 g/mol. The maximum Gasteiger partial charge on any atom is 0.191 e. The normalized spacial score (nSPS) is 14.1. The highest BCUT2D eigenvalue weighted by Gasteiger charge is 2.16. The molecule has 2 N–H and O–H groups in total. The van der Waals surface area contributed by atoms with Crippen LogP contribution in [-0.2, 0) is 7.05 Å². The molecule has 0 bridgehead atoms. The largest absolute Gasteiger partial charge is 0.356 e. The van der Waals surface area contributed by atoms with Crippen molar-refractivity contribution in [1.29, 1.82) is 0 Å². The van der Waals surface area contributed by atoms with Gasteiger partial charge in [0.2, 0.25) is 0 Å².